The number of nitro groups is 1. The van der Waals surface area contributed by atoms with Crippen molar-refractivity contribution in [1.29, 1.82) is 5.26 Å². The summed E-state index contributed by atoms with van der Waals surface area (Å²) in [6, 6.07) is 28.6. The number of hydrogen-bond donors (Lipinski definition) is 1. The summed E-state index contributed by atoms with van der Waals surface area (Å²) in [5.74, 6) is -0.671. The van der Waals surface area contributed by atoms with Crippen LogP contribution in [0.25, 0.3) is 0 Å². The molecule has 8 heteroatoms. The lowest BCUT2D eigenvalue weighted by molar-refractivity contribution is -0.383. The first-order valence-corrected chi connectivity index (χ1v) is 11.3. The highest BCUT2D eigenvalue weighted by Gasteiger charge is 2.26. The van der Waals surface area contributed by atoms with Gasteiger partial charge in [0.1, 0.15) is 17.3 Å². The SMILES string of the molecule is N#C/C(=C/N1CCN(C(c2ccccc2)c2ccccc2)CC1)C(=O)Nc1ccccc1[N+](=O)[O-]. The molecule has 0 radical (unpaired) electrons. The fourth-order valence-corrected chi connectivity index (χ4v) is 4.26. The average molecular weight is 468 g/mol. The third-order valence-electron chi connectivity index (χ3n) is 5.97. The first kappa shape index (κ1) is 23.7. The number of amides is 1. The third-order valence-corrected chi connectivity index (χ3v) is 5.97. The van der Waals surface area contributed by atoms with Crippen molar-refractivity contribution in [2.24, 2.45) is 0 Å². The van der Waals surface area contributed by atoms with E-state index in [-0.39, 0.29) is 23.0 Å². The molecule has 1 saturated heterocycles. The molecule has 1 fully saturated rings. The quantitative estimate of drug-likeness (QED) is 0.240. The molecule has 4 rings (SSSR count). The Morgan fingerprint density at radius 1 is 0.914 bits per heavy atom. The molecule has 0 unspecified atom stereocenters. The van der Waals surface area contributed by atoms with Gasteiger partial charge in [0.05, 0.1) is 11.0 Å². The molecule has 0 aromatic heterocycles. The van der Waals surface area contributed by atoms with Crippen LogP contribution in [0.3, 0.4) is 0 Å². The molecule has 8 nitrogen and oxygen atoms in total. The number of para-hydroxylation sites is 2. The lowest BCUT2D eigenvalue weighted by Gasteiger charge is -2.39. The number of nitrogens with one attached hydrogen (secondary N) is 1. The monoisotopic (exact) mass is 467 g/mol. The van der Waals surface area contributed by atoms with Crippen molar-refractivity contribution < 1.29 is 9.72 Å². The number of carbonyl (C=O) groups excluding carboxylic acids is 1. The van der Waals surface area contributed by atoms with Crippen molar-refractivity contribution in [2.75, 3.05) is 31.5 Å². The van der Waals surface area contributed by atoms with Gasteiger partial charge in [-0.2, -0.15) is 5.26 Å². The molecule has 176 valence electrons. The standard InChI is InChI=1S/C27H25N5O3/c28-19-23(27(33)29-24-13-7-8-14-25(24)32(34)35)20-30-15-17-31(18-16-30)26(21-9-3-1-4-10-21)22-11-5-2-6-12-22/h1-14,20,26H,15-18H2,(H,29,33)/b23-20-. The number of rotatable bonds is 7. The molecule has 3 aromatic rings. The van der Waals surface area contributed by atoms with E-state index in [0.717, 1.165) is 13.1 Å². The zero-order chi connectivity index (χ0) is 24.6. The van der Waals surface area contributed by atoms with Crippen molar-refractivity contribution in [1.82, 2.24) is 9.80 Å². The van der Waals surface area contributed by atoms with E-state index in [0.29, 0.717) is 13.1 Å². The number of nitro benzene ring substituents is 1. The number of hydrogen-bond acceptors (Lipinski definition) is 6. The van der Waals surface area contributed by atoms with E-state index < -0.39 is 10.8 Å². The van der Waals surface area contributed by atoms with E-state index in [1.165, 1.54) is 29.3 Å². The number of nitrogens with zero attached hydrogens (tertiary/aromatic N) is 4. The molecule has 1 aliphatic rings. The molecule has 0 spiro atoms. The van der Waals surface area contributed by atoms with Gasteiger partial charge in [0, 0.05) is 38.4 Å². The van der Waals surface area contributed by atoms with Crippen molar-refractivity contribution in [3.63, 3.8) is 0 Å². The second-order valence-corrected chi connectivity index (χ2v) is 8.18. The van der Waals surface area contributed by atoms with Crippen molar-refractivity contribution in [3.05, 3.63) is 118 Å². The van der Waals surface area contributed by atoms with Crippen LogP contribution in [0.1, 0.15) is 17.2 Å². The van der Waals surface area contributed by atoms with Gasteiger partial charge in [-0.15, -0.1) is 0 Å². The highest BCUT2D eigenvalue weighted by atomic mass is 16.6. The summed E-state index contributed by atoms with van der Waals surface area (Å²) in [6.45, 7) is 2.77. The van der Waals surface area contributed by atoms with E-state index >= 15 is 0 Å². The molecular formula is C27H25N5O3. The van der Waals surface area contributed by atoms with Crippen LogP contribution < -0.4 is 5.32 Å². The van der Waals surface area contributed by atoms with E-state index in [1.807, 2.05) is 47.4 Å². The zero-order valence-corrected chi connectivity index (χ0v) is 19.1. The van der Waals surface area contributed by atoms with Crippen LogP contribution >= 0.6 is 0 Å². The molecule has 1 heterocycles. The van der Waals surface area contributed by atoms with Gasteiger partial charge in [0.2, 0.25) is 0 Å². The largest absolute Gasteiger partial charge is 0.374 e. The smallest absolute Gasteiger partial charge is 0.292 e. The van der Waals surface area contributed by atoms with Crippen LogP contribution in [0.4, 0.5) is 11.4 Å². The van der Waals surface area contributed by atoms with Crippen molar-refractivity contribution in [2.45, 2.75) is 6.04 Å². The maximum atomic E-state index is 12.7. The van der Waals surface area contributed by atoms with E-state index in [9.17, 15) is 20.2 Å². The predicted octanol–water partition coefficient (Wildman–Crippen LogP) is 4.35. The molecule has 35 heavy (non-hydrogen) atoms. The molecule has 1 aliphatic heterocycles. The minimum atomic E-state index is -0.671. The highest BCUT2D eigenvalue weighted by molar-refractivity contribution is 6.07. The summed E-state index contributed by atoms with van der Waals surface area (Å²) in [4.78, 5) is 27.7. The molecule has 0 saturated carbocycles. The Hall–Kier alpha value is -4.48. The fraction of sp³-hybridized carbons (Fsp3) is 0.185. The Morgan fingerprint density at radius 2 is 1.46 bits per heavy atom. The van der Waals surface area contributed by atoms with E-state index in [4.69, 9.17) is 0 Å². The van der Waals surface area contributed by atoms with Crippen molar-refractivity contribution >= 4 is 17.3 Å². The maximum Gasteiger partial charge on any atom is 0.292 e. The Kier molecular flexibility index (Phi) is 7.50. The van der Waals surface area contributed by atoms with E-state index in [2.05, 4.69) is 34.5 Å². The minimum absolute atomic E-state index is 0.0574. The Bertz CT molecular complexity index is 1210. The second-order valence-electron chi connectivity index (χ2n) is 8.18. The lowest BCUT2D eigenvalue weighted by atomic mass is 9.96. The molecule has 3 aromatic carbocycles. The molecule has 0 aliphatic carbocycles. The number of benzene rings is 3. The minimum Gasteiger partial charge on any atom is -0.374 e. The van der Waals surface area contributed by atoms with Crippen LogP contribution in [0, 0.1) is 21.4 Å². The van der Waals surface area contributed by atoms with Gasteiger partial charge in [-0.05, 0) is 17.2 Å². The second kappa shape index (κ2) is 11.1. The highest BCUT2D eigenvalue weighted by Crippen LogP contribution is 2.29. The normalized spacial score (nSPS) is 14.4. The Morgan fingerprint density at radius 3 is 2.00 bits per heavy atom. The summed E-state index contributed by atoms with van der Waals surface area (Å²) < 4.78 is 0. The first-order valence-electron chi connectivity index (χ1n) is 11.3. The van der Waals surface area contributed by atoms with Gasteiger partial charge in [-0.25, -0.2) is 0 Å². The topological polar surface area (TPSA) is 103 Å². The zero-order valence-electron chi connectivity index (χ0n) is 19.1. The van der Waals surface area contributed by atoms with Crippen LogP contribution in [0.15, 0.2) is 96.7 Å². The van der Waals surface area contributed by atoms with E-state index in [1.54, 1.807) is 12.3 Å². The van der Waals surface area contributed by atoms with Gasteiger partial charge in [-0.3, -0.25) is 19.8 Å². The average Bonchev–Trinajstić information content (AvgIpc) is 2.89. The number of piperazine rings is 1. The van der Waals surface area contributed by atoms with Gasteiger partial charge < -0.3 is 10.2 Å². The Labute approximate surface area is 203 Å². The van der Waals surface area contributed by atoms with Gasteiger partial charge in [-0.1, -0.05) is 72.8 Å². The summed E-state index contributed by atoms with van der Waals surface area (Å²) in [5.41, 5.74) is 2.16. The van der Waals surface area contributed by atoms with Crippen LogP contribution in [-0.2, 0) is 4.79 Å². The van der Waals surface area contributed by atoms with Gasteiger partial charge >= 0.3 is 0 Å². The molecule has 1 amide bonds. The van der Waals surface area contributed by atoms with Gasteiger partial charge in [0.15, 0.2) is 0 Å². The number of carbonyl (C=O) groups is 1. The van der Waals surface area contributed by atoms with Crippen molar-refractivity contribution in [3.8, 4) is 6.07 Å². The third kappa shape index (κ3) is 5.72. The molecule has 0 bridgehead atoms. The Balaban J connectivity index is 1.46. The maximum absolute atomic E-state index is 12.7. The lowest BCUT2D eigenvalue weighted by Crippen LogP contribution is -2.46. The summed E-state index contributed by atoms with van der Waals surface area (Å²) in [5, 5.41) is 23.3. The summed E-state index contributed by atoms with van der Waals surface area (Å²) in [7, 11) is 0. The summed E-state index contributed by atoms with van der Waals surface area (Å²) >= 11 is 0. The van der Waals surface area contributed by atoms with Crippen LogP contribution in [0.5, 0.6) is 0 Å². The molecular weight excluding hydrogens is 442 g/mol. The molecule has 1 N–H and O–H groups in total. The first-order chi connectivity index (χ1) is 17.1. The van der Waals surface area contributed by atoms with Gasteiger partial charge in [0.25, 0.3) is 11.6 Å². The predicted molar refractivity (Wildman–Crippen MR) is 133 cm³/mol. The summed E-state index contributed by atoms with van der Waals surface area (Å²) in [6.07, 6.45) is 1.54. The van der Waals surface area contributed by atoms with Crippen LogP contribution in [0.2, 0.25) is 0 Å². The van der Waals surface area contributed by atoms with Crippen LogP contribution in [-0.4, -0.2) is 46.8 Å². The number of nitriles is 1. The molecule has 0 atom stereocenters. The number of anilines is 1. The fourth-order valence-electron chi connectivity index (χ4n) is 4.26.